The molecule has 2 heterocycles. The maximum Gasteiger partial charge on any atom is 0.351 e. The summed E-state index contributed by atoms with van der Waals surface area (Å²) in [4.78, 5) is 51.6. The number of allylic oxidation sites excluding steroid dienone is 1. The van der Waals surface area contributed by atoms with Gasteiger partial charge in [-0.2, -0.15) is 0 Å². The van der Waals surface area contributed by atoms with Gasteiger partial charge >= 0.3 is 23.9 Å². The van der Waals surface area contributed by atoms with E-state index in [1.54, 1.807) is 0 Å². The smallest absolute Gasteiger partial charge is 0.351 e. The van der Waals surface area contributed by atoms with Crippen LogP contribution in [0.5, 0.6) is 0 Å². The highest BCUT2D eigenvalue weighted by molar-refractivity contribution is 5.94. The average molecular weight is 503 g/mol. The first kappa shape index (κ1) is 25.3. The minimum Gasteiger partial charge on any atom is -0.462 e. The Labute approximate surface area is 212 Å². The summed E-state index contributed by atoms with van der Waals surface area (Å²) in [6.07, 6.45) is 7.78. The molecule has 0 aromatic carbocycles. The molecule has 4 unspecified atom stereocenters. The molecule has 6 atom stereocenters. The maximum atomic E-state index is 13.3. The van der Waals surface area contributed by atoms with E-state index in [9.17, 15) is 19.2 Å². The van der Waals surface area contributed by atoms with Gasteiger partial charge in [-0.15, -0.1) is 0 Å². The molecule has 0 amide bonds. The number of hydrogen-bond acceptors (Lipinski definition) is 8. The molecule has 0 aromatic heterocycles. The van der Waals surface area contributed by atoms with Gasteiger partial charge in [0.2, 0.25) is 11.2 Å². The van der Waals surface area contributed by atoms with Gasteiger partial charge in [-0.25, -0.2) is 9.59 Å². The molecule has 8 nitrogen and oxygen atoms in total. The van der Waals surface area contributed by atoms with Crippen molar-refractivity contribution in [1.29, 1.82) is 0 Å². The van der Waals surface area contributed by atoms with Crippen molar-refractivity contribution in [2.75, 3.05) is 13.2 Å². The number of hydrogen-bond donors (Lipinski definition) is 0. The minimum atomic E-state index is -1.26. The van der Waals surface area contributed by atoms with E-state index in [2.05, 4.69) is 0 Å². The Hall–Kier alpha value is -2.38. The standard InChI is InChI=1S/C28H38O8/c1-23(2)25(5)11-13-27(23,35-19(25)29)21(31)33-15-17-9-7-8-10-18(17)16-34-22(32)28-14-12-26(6,20(30)36-28)24(28,3)4/h7,9,17-18H,8,10-16H2,1-6H3/t17-,18-,25?,26?,27?,28?/m0/s1. The molecule has 4 bridgehead atoms. The molecule has 0 N–H and O–H groups in total. The Balaban J connectivity index is 1.23. The van der Waals surface area contributed by atoms with Crippen molar-refractivity contribution >= 4 is 23.9 Å². The largest absolute Gasteiger partial charge is 0.462 e. The molecule has 5 aliphatic rings. The van der Waals surface area contributed by atoms with Crippen molar-refractivity contribution in [1.82, 2.24) is 0 Å². The lowest BCUT2D eigenvalue weighted by Gasteiger charge is -2.36. The number of carbonyl (C=O) groups excluding carboxylic acids is 4. The fourth-order valence-electron chi connectivity index (χ4n) is 7.34. The minimum absolute atomic E-state index is 0.0402. The van der Waals surface area contributed by atoms with Crippen molar-refractivity contribution in [2.45, 2.75) is 91.3 Å². The predicted molar refractivity (Wildman–Crippen MR) is 127 cm³/mol. The van der Waals surface area contributed by atoms with E-state index in [0.29, 0.717) is 25.7 Å². The second-order valence-electron chi connectivity index (χ2n) is 13.0. The van der Waals surface area contributed by atoms with Crippen LogP contribution >= 0.6 is 0 Å². The van der Waals surface area contributed by atoms with Crippen LogP contribution in [-0.4, -0.2) is 48.3 Å². The second-order valence-corrected chi connectivity index (χ2v) is 13.0. The molecule has 2 saturated heterocycles. The van der Waals surface area contributed by atoms with Crippen LogP contribution in [0.3, 0.4) is 0 Å². The van der Waals surface area contributed by atoms with Crippen molar-refractivity contribution in [3.8, 4) is 0 Å². The van der Waals surface area contributed by atoms with E-state index < -0.39 is 44.8 Å². The summed E-state index contributed by atoms with van der Waals surface area (Å²) in [5.41, 5.74) is -5.21. The zero-order valence-corrected chi connectivity index (χ0v) is 22.2. The topological polar surface area (TPSA) is 105 Å². The third kappa shape index (κ3) is 2.82. The normalized spacial score (nSPS) is 43.3. The fourth-order valence-corrected chi connectivity index (χ4v) is 7.34. The summed E-state index contributed by atoms with van der Waals surface area (Å²) in [5.74, 6) is -1.83. The second kappa shape index (κ2) is 7.57. The molecule has 4 fully saturated rings. The molecule has 0 radical (unpaired) electrons. The SMILES string of the molecule is CC12CCC(C(=O)OC[C@@H]3CCC=C[C@H]3COC(=O)C34CCC(C)(C(=O)O3)C4(C)C)(OC1=O)C2(C)C. The summed E-state index contributed by atoms with van der Waals surface area (Å²) >= 11 is 0. The molecule has 2 saturated carbocycles. The highest BCUT2D eigenvalue weighted by Gasteiger charge is 2.77. The summed E-state index contributed by atoms with van der Waals surface area (Å²) < 4.78 is 22.9. The number of fused-ring (bicyclic) bond motifs is 4. The monoisotopic (exact) mass is 502 g/mol. The van der Waals surface area contributed by atoms with Gasteiger partial charge in [-0.05, 0) is 52.4 Å². The van der Waals surface area contributed by atoms with Crippen molar-refractivity contribution in [3.05, 3.63) is 12.2 Å². The molecule has 0 aromatic rings. The van der Waals surface area contributed by atoms with Crippen molar-refractivity contribution < 1.29 is 38.1 Å². The van der Waals surface area contributed by atoms with Crippen LogP contribution in [-0.2, 0) is 38.1 Å². The zero-order valence-electron chi connectivity index (χ0n) is 22.2. The summed E-state index contributed by atoms with van der Waals surface area (Å²) in [5, 5.41) is 0. The van der Waals surface area contributed by atoms with Crippen LogP contribution in [0.2, 0.25) is 0 Å². The molecular weight excluding hydrogens is 464 g/mol. The van der Waals surface area contributed by atoms with E-state index in [4.69, 9.17) is 18.9 Å². The summed E-state index contributed by atoms with van der Waals surface area (Å²) in [7, 11) is 0. The zero-order chi connectivity index (χ0) is 26.4. The van der Waals surface area contributed by atoms with Crippen molar-refractivity contribution in [3.63, 3.8) is 0 Å². The van der Waals surface area contributed by atoms with E-state index in [0.717, 1.165) is 12.8 Å². The lowest BCUT2D eigenvalue weighted by molar-refractivity contribution is -0.186. The van der Waals surface area contributed by atoms with Crippen LogP contribution in [0.4, 0.5) is 0 Å². The third-order valence-corrected chi connectivity index (χ3v) is 11.4. The Morgan fingerprint density at radius 2 is 1.28 bits per heavy atom. The van der Waals surface area contributed by atoms with Gasteiger partial charge in [-0.3, -0.25) is 9.59 Å². The van der Waals surface area contributed by atoms with Crippen LogP contribution in [0.25, 0.3) is 0 Å². The van der Waals surface area contributed by atoms with Crippen LogP contribution in [0.1, 0.15) is 80.1 Å². The van der Waals surface area contributed by atoms with E-state index in [1.807, 2.05) is 53.7 Å². The first-order valence-electron chi connectivity index (χ1n) is 13.2. The first-order valence-corrected chi connectivity index (χ1v) is 13.2. The average Bonchev–Trinajstić information content (AvgIpc) is 3.29. The summed E-state index contributed by atoms with van der Waals surface area (Å²) in [6.45, 7) is 11.6. The third-order valence-electron chi connectivity index (χ3n) is 11.4. The molecular formula is C28H38O8. The molecule has 2 aliphatic heterocycles. The van der Waals surface area contributed by atoms with Crippen LogP contribution < -0.4 is 0 Å². The van der Waals surface area contributed by atoms with Crippen LogP contribution in [0, 0.1) is 33.5 Å². The summed E-state index contributed by atoms with van der Waals surface area (Å²) in [6, 6.07) is 0. The van der Waals surface area contributed by atoms with Gasteiger partial charge < -0.3 is 18.9 Å². The number of esters is 4. The maximum absolute atomic E-state index is 13.3. The molecule has 5 rings (SSSR count). The molecule has 198 valence electrons. The van der Waals surface area contributed by atoms with Gasteiger partial charge in [0.1, 0.15) is 0 Å². The van der Waals surface area contributed by atoms with Gasteiger partial charge in [0.25, 0.3) is 0 Å². The molecule has 8 heteroatoms. The quantitative estimate of drug-likeness (QED) is 0.306. The Morgan fingerprint density at radius 3 is 1.69 bits per heavy atom. The molecule has 36 heavy (non-hydrogen) atoms. The molecule has 0 spiro atoms. The first-order chi connectivity index (χ1) is 16.7. The lowest BCUT2D eigenvalue weighted by Crippen LogP contribution is -2.50. The number of carbonyl (C=O) groups is 4. The number of ether oxygens (including phenoxy) is 4. The van der Waals surface area contributed by atoms with E-state index in [-0.39, 0.29) is 37.0 Å². The highest BCUT2D eigenvalue weighted by atomic mass is 16.6. The van der Waals surface area contributed by atoms with Crippen LogP contribution in [0.15, 0.2) is 12.2 Å². The van der Waals surface area contributed by atoms with Gasteiger partial charge in [0.15, 0.2) is 0 Å². The van der Waals surface area contributed by atoms with Gasteiger partial charge in [0.05, 0.1) is 24.0 Å². The Bertz CT molecular complexity index is 1060. The molecule has 3 aliphatic carbocycles. The highest BCUT2D eigenvalue weighted by Crippen LogP contribution is 2.67. The van der Waals surface area contributed by atoms with E-state index >= 15 is 0 Å². The number of rotatable bonds is 6. The Kier molecular flexibility index (Phi) is 5.32. The van der Waals surface area contributed by atoms with Crippen molar-refractivity contribution in [2.24, 2.45) is 33.5 Å². The lowest BCUT2D eigenvalue weighted by atomic mass is 9.66. The fraction of sp³-hybridized carbons (Fsp3) is 0.786. The van der Waals surface area contributed by atoms with Gasteiger partial charge in [0, 0.05) is 22.7 Å². The van der Waals surface area contributed by atoms with Gasteiger partial charge in [-0.1, -0.05) is 39.8 Å². The van der Waals surface area contributed by atoms with E-state index in [1.165, 1.54) is 0 Å². The predicted octanol–water partition coefficient (Wildman–Crippen LogP) is 3.90. The Morgan fingerprint density at radius 1 is 0.806 bits per heavy atom.